The van der Waals surface area contributed by atoms with Gasteiger partial charge in [0.05, 0.1) is 16.6 Å². The zero-order valence-corrected chi connectivity index (χ0v) is 13.6. The predicted octanol–water partition coefficient (Wildman–Crippen LogP) is 3.15. The van der Waals surface area contributed by atoms with Crippen LogP contribution in [-0.4, -0.2) is 20.8 Å². The van der Waals surface area contributed by atoms with Crippen molar-refractivity contribution in [1.82, 2.24) is 9.97 Å². The quantitative estimate of drug-likeness (QED) is 0.401. The maximum atomic E-state index is 13.6. The molecule has 136 valence electrons. The second-order valence-electron chi connectivity index (χ2n) is 5.26. The number of nitrogen functional groups attached to an aromatic ring is 1. The Hall–Kier alpha value is -4.08. The van der Waals surface area contributed by atoms with E-state index in [-0.39, 0.29) is 11.6 Å². The number of nitro groups is 1. The number of nitrogens with zero attached hydrogens (tertiary/aromatic N) is 3. The average molecular weight is 369 g/mol. The molecule has 0 saturated heterocycles. The van der Waals surface area contributed by atoms with E-state index in [1.54, 1.807) is 18.2 Å². The van der Waals surface area contributed by atoms with Gasteiger partial charge in [-0.2, -0.15) is 0 Å². The summed E-state index contributed by atoms with van der Waals surface area (Å²) in [5.41, 5.74) is 4.54. The molecule has 0 fully saturated rings. The van der Waals surface area contributed by atoms with Crippen molar-refractivity contribution >= 4 is 23.0 Å². The molecule has 0 saturated carbocycles. The monoisotopic (exact) mass is 369 g/mol. The van der Waals surface area contributed by atoms with Crippen LogP contribution in [0.2, 0.25) is 0 Å². The Morgan fingerprint density at radius 2 is 1.85 bits per heavy atom. The zero-order chi connectivity index (χ0) is 19.4. The number of anilines is 2. The highest BCUT2D eigenvalue weighted by molar-refractivity contribution is 6.08. The van der Waals surface area contributed by atoms with E-state index in [9.17, 15) is 19.3 Å². The molecule has 1 amide bonds. The minimum Gasteiger partial charge on any atom is -0.424 e. The number of hydrogen-bond acceptors (Lipinski definition) is 7. The normalized spacial score (nSPS) is 10.3. The maximum Gasteiger partial charge on any atom is 0.321 e. The number of halogens is 1. The fourth-order valence-electron chi connectivity index (χ4n) is 2.19. The van der Waals surface area contributed by atoms with E-state index in [2.05, 4.69) is 15.3 Å². The molecule has 3 aromatic rings. The molecule has 1 heterocycles. The third-order valence-corrected chi connectivity index (χ3v) is 3.43. The number of amides is 1. The average Bonchev–Trinajstić information content (AvgIpc) is 2.65. The predicted molar refractivity (Wildman–Crippen MR) is 94.0 cm³/mol. The highest BCUT2D eigenvalue weighted by atomic mass is 19.1. The highest BCUT2D eigenvalue weighted by Crippen LogP contribution is 2.28. The number of nitro benzene ring substituents is 1. The van der Waals surface area contributed by atoms with Crippen molar-refractivity contribution < 1.29 is 18.8 Å². The van der Waals surface area contributed by atoms with Gasteiger partial charge < -0.3 is 15.8 Å². The first-order chi connectivity index (χ1) is 12.9. The SMILES string of the molecule is Nc1c(C(=O)Nc2ccc(Oc3ncccn3)cc2)cc(F)cc1[N+](=O)[O-]. The van der Waals surface area contributed by atoms with E-state index in [1.807, 2.05) is 0 Å². The summed E-state index contributed by atoms with van der Waals surface area (Å²) in [6, 6.07) is 9.47. The van der Waals surface area contributed by atoms with Crippen molar-refractivity contribution in [2.75, 3.05) is 11.1 Å². The van der Waals surface area contributed by atoms with Crippen LogP contribution in [0.15, 0.2) is 54.9 Å². The third kappa shape index (κ3) is 4.12. The molecule has 27 heavy (non-hydrogen) atoms. The summed E-state index contributed by atoms with van der Waals surface area (Å²) >= 11 is 0. The van der Waals surface area contributed by atoms with E-state index in [0.29, 0.717) is 17.5 Å². The van der Waals surface area contributed by atoms with Crippen LogP contribution in [0, 0.1) is 15.9 Å². The Balaban J connectivity index is 1.76. The summed E-state index contributed by atoms with van der Waals surface area (Å²) in [4.78, 5) is 30.2. The fourth-order valence-corrected chi connectivity index (χ4v) is 2.19. The number of carbonyl (C=O) groups excluding carboxylic acids is 1. The number of benzene rings is 2. The Labute approximate surface area is 151 Å². The van der Waals surface area contributed by atoms with Crippen LogP contribution in [0.5, 0.6) is 11.8 Å². The Morgan fingerprint density at radius 1 is 1.19 bits per heavy atom. The van der Waals surface area contributed by atoms with Crippen LogP contribution in [0.25, 0.3) is 0 Å². The van der Waals surface area contributed by atoms with Crippen molar-refractivity contribution in [3.8, 4) is 11.8 Å². The summed E-state index contributed by atoms with van der Waals surface area (Å²) < 4.78 is 19.0. The molecule has 1 aromatic heterocycles. The lowest BCUT2D eigenvalue weighted by molar-refractivity contribution is -0.384. The molecule has 10 heteroatoms. The minimum absolute atomic E-state index is 0.161. The van der Waals surface area contributed by atoms with Gasteiger partial charge in [-0.3, -0.25) is 14.9 Å². The van der Waals surface area contributed by atoms with Gasteiger partial charge in [0.25, 0.3) is 11.6 Å². The second kappa shape index (κ2) is 7.44. The Kier molecular flexibility index (Phi) is 4.88. The van der Waals surface area contributed by atoms with Gasteiger partial charge in [0.1, 0.15) is 17.3 Å². The molecule has 0 aliphatic heterocycles. The molecule has 0 aliphatic rings. The lowest BCUT2D eigenvalue weighted by Crippen LogP contribution is -2.15. The van der Waals surface area contributed by atoms with Crippen LogP contribution in [0.3, 0.4) is 0 Å². The Bertz CT molecular complexity index is 996. The van der Waals surface area contributed by atoms with Crippen molar-refractivity contribution in [1.29, 1.82) is 0 Å². The van der Waals surface area contributed by atoms with Gasteiger partial charge >= 0.3 is 6.01 Å². The van der Waals surface area contributed by atoms with Gasteiger partial charge in [-0.15, -0.1) is 0 Å². The van der Waals surface area contributed by atoms with Crippen molar-refractivity contribution in [2.24, 2.45) is 0 Å². The molecule has 0 bridgehead atoms. The van der Waals surface area contributed by atoms with Crippen LogP contribution < -0.4 is 15.8 Å². The van der Waals surface area contributed by atoms with Gasteiger partial charge in [0.2, 0.25) is 0 Å². The van der Waals surface area contributed by atoms with Crippen LogP contribution in [0.4, 0.5) is 21.5 Å². The lowest BCUT2D eigenvalue weighted by Gasteiger charge is -2.09. The smallest absolute Gasteiger partial charge is 0.321 e. The topological polar surface area (TPSA) is 133 Å². The summed E-state index contributed by atoms with van der Waals surface area (Å²) in [6.07, 6.45) is 3.05. The number of aromatic nitrogens is 2. The van der Waals surface area contributed by atoms with Crippen molar-refractivity contribution in [3.63, 3.8) is 0 Å². The number of nitrogens with two attached hydrogens (primary N) is 1. The van der Waals surface area contributed by atoms with E-state index in [0.717, 1.165) is 6.07 Å². The minimum atomic E-state index is -0.937. The zero-order valence-electron chi connectivity index (χ0n) is 13.6. The first kappa shape index (κ1) is 17.7. The summed E-state index contributed by atoms with van der Waals surface area (Å²) in [6.45, 7) is 0. The highest BCUT2D eigenvalue weighted by Gasteiger charge is 2.21. The van der Waals surface area contributed by atoms with Gasteiger partial charge in [0, 0.05) is 18.1 Å². The van der Waals surface area contributed by atoms with Gasteiger partial charge in [-0.1, -0.05) is 0 Å². The fraction of sp³-hybridized carbons (Fsp3) is 0. The molecule has 0 atom stereocenters. The molecule has 0 aliphatic carbocycles. The van der Waals surface area contributed by atoms with Crippen LogP contribution >= 0.6 is 0 Å². The number of hydrogen-bond donors (Lipinski definition) is 2. The molecule has 3 rings (SSSR count). The standard InChI is InChI=1S/C17H12FN5O4/c18-10-8-13(15(19)14(9-10)23(25)26)16(24)22-11-2-4-12(5-3-11)27-17-20-6-1-7-21-17/h1-9H,19H2,(H,22,24). The largest absolute Gasteiger partial charge is 0.424 e. The maximum absolute atomic E-state index is 13.6. The molecule has 0 spiro atoms. The first-order valence-corrected chi connectivity index (χ1v) is 7.54. The number of ether oxygens (including phenoxy) is 1. The van der Waals surface area contributed by atoms with Gasteiger partial charge in [0.15, 0.2) is 0 Å². The molecule has 0 unspecified atom stereocenters. The second-order valence-corrected chi connectivity index (χ2v) is 5.26. The van der Waals surface area contributed by atoms with E-state index < -0.39 is 28.0 Å². The van der Waals surface area contributed by atoms with Gasteiger partial charge in [-0.25, -0.2) is 14.4 Å². The molecular weight excluding hydrogens is 357 g/mol. The molecule has 2 aromatic carbocycles. The van der Waals surface area contributed by atoms with Gasteiger partial charge in [-0.05, 0) is 36.4 Å². The van der Waals surface area contributed by atoms with Crippen molar-refractivity contribution in [2.45, 2.75) is 0 Å². The summed E-state index contributed by atoms with van der Waals surface area (Å²) in [7, 11) is 0. The van der Waals surface area contributed by atoms with Crippen LogP contribution in [0.1, 0.15) is 10.4 Å². The lowest BCUT2D eigenvalue weighted by atomic mass is 10.1. The van der Waals surface area contributed by atoms with Crippen LogP contribution in [-0.2, 0) is 0 Å². The summed E-state index contributed by atoms with van der Waals surface area (Å²) in [5, 5.41) is 13.4. The number of rotatable bonds is 5. The molecule has 3 N–H and O–H groups in total. The van der Waals surface area contributed by atoms with E-state index >= 15 is 0 Å². The molecule has 9 nitrogen and oxygen atoms in total. The third-order valence-electron chi connectivity index (χ3n) is 3.43. The Morgan fingerprint density at radius 3 is 2.48 bits per heavy atom. The van der Waals surface area contributed by atoms with E-state index in [1.165, 1.54) is 24.5 Å². The number of nitrogens with one attached hydrogen (secondary N) is 1. The van der Waals surface area contributed by atoms with E-state index in [4.69, 9.17) is 10.5 Å². The molecule has 0 radical (unpaired) electrons. The summed E-state index contributed by atoms with van der Waals surface area (Å²) in [5.74, 6) is -1.29. The van der Waals surface area contributed by atoms with Crippen molar-refractivity contribution in [3.05, 3.63) is 76.4 Å². The molecular formula is C17H12FN5O4. The number of carbonyl (C=O) groups is 1. The first-order valence-electron chi connectivity index (χ1n) is 7.54.